The number of para-hydroxylation sites is 1. The van der Waals surface area contributed by atoms with Crippen LogP contribution in [-0.4, -0.2) is 29.9 Å². The topological polar surface area (TPSA) is 62.3 Å². The van der Waals surface area contributed by atoms with Crippen molar-refractivity contribution in [1.29, 1.82) is 0 Å². The maximum atomic E-state index is 12.3. The van der Waals surface area contributed by atoms with Crippen LogP contribution in [0.1, 0.15) is 22.8 Å². The fourth-order valence-corrected chi connectivity index (χ4v) is 2.96. The third-order valence-electron chi connectivity index (χ3n) is 4.29. The molecule has 132 valence electrons. The number of pyridine rings is 1. The second-order valence-corrected chi connectivity index (χ2v) is 6.09. The molecule has 2 amide bonds. The highest BCUT2D eigenvalue weighted by Crippen LogP contribution is 2.24. The first-order valence-electron chi connectivity index (χ1n) is 8.53. The molecule has 0 fully saturated rings. The standard InChI is InChI=1S/C21H21N3O2/c1-15-7-3-4-10-18(15)21(26)23-13-14-24(16(2)25)19-11-5-8-17-9-6-12-22-20(17)19/h3-12H,13-14H2,1-2H3,(H,23,26). The first kappa shape index (κ1) is 17.6. The number of aryl methyl sites for hydroxylation is 1. The van der Waals surface area contributed by atoms with E-state index in [1.807, 2.05) is 55.5 Å². The van der Waals surface area contributed by atoms with Crippen LogP contribution < -0.4 is 10.2 Å². The molecule has 0 radical (unpaired) electrons. The fraction of sp³-hybridized carbons (Fsp3) is 0.190. The van der Waals surface area contributed by atoms with Crippen LogP contribution in [0, 0.1) is 6.92 Å². The summed E-state index contributed by atoms with van der Waals surface area (Å²) in [5.74, 6) is -0.226. The van der Waals surface area contributed by atoms with Gasteiger partial charge in [0.15, 0.2) is 0 Å². The van der Waals surface area contributed by atoms with Crippen molar-refractivity contribution in [3.63, 3.8) is 0 Å². The predicted molar refractivity (Wildman–Crippen MR) is 103 cm³/mol. The van der Waals surface area contributed by atoms with Gasteiger partial charge in [-0.25, -0.2) is 0 Å². The smallest absolute Gasteiger partial charge is 0.251 e. The van der Waals surface area contributed by atoms with Crippen LogP contribution >= 0.6 is 0 Å². The van der Waals surface area contributed by atoms with Crippen molar-refractivity contribution in [1.82, 2.24) is 10.3 Å². The molecule has 5 nitrogen and oxygen atoms in total. The summed E-state index contributed by atoms with van der Waals surface area (Å²) < 4.78 is 0. The van der Waals surface area contributed by atoms with Gasteiger partial charge < -0.3 is 10.2 Å². The number of hydrogen-bond donors (Lipinski definition) is 1. The van der Waals surface area contributed by atoms with Gasteiger partial charge in [-0.15, -0.1) is 0 Å². The highest BCUT2D eigenvalue weighted by Gasteiger charge is 2.16. The van der Waals surface area contributed by atoms with Crippen LogP contribution in [0.15, 0.2) is 60.8 Å². The second kappa shape index (κ2) is 7.78. The molecule has 2 aromatic carbocycles. The average molecular weight is 347 g/mol. The lowest BCUT2D eigenvalue weighted by Gasteiger charge is -2.22. The van der Waals surface area contributed by atoms with Gasteiger partial charge in [-0.05, 0) is 30.7 Å². The summed E-state index contributed by atoms with van der Waals surface area (Å²) in [6.07, 6.45) is 1.71. The van der Waals surface area contributed by atoms with Crippen molar-refractivity contribution in [3.8, 4) is 0 Å². The molecule has 0 aliphatic rings. The van der Waals surface area contributed by atoms with Crippen LogP contribution in [0.25, 0.3) is 10.9 Å². The number of carbonyl (C=O) groups excluding carboxylic acids is 2. The summed E-state index contributed by atoms with van der Waals surface area (Å²) in [5.41, 5.74) is 3.09. The van der Waals surface area contributed by atoms with Crippen molar-refractivity contribution in [2.45, 2.75) is 13.8 Å². The Kier molecular flexibility index (Phi) is 5.27. The summed E-state index contributed by atoms with van der Waals surface area (Å²) in [6.45, 7) is 4.15. The lowest BCUT2D eigenvalue weighted by atomic mass is 10.1. The number of amides is 2. The van der Waals surface area contributed by atoms with E-state index >= 15 is 0 Å². The van der Waals surface area contributed by atoms with E-state index in [1.54, 1.807) is 17.2 Å². The zero-order valence-corrected chi connectivity index (χ0v) is 14.9. The highest BCUT2D eigenvalue weighted by molar-refractivity contribution is 6.01. The van der Waals surface area contributed by atoms with Gasteiger partial charge in [0.2, 0.25) is 5.91 Å². The lowest BCUT2D eigenvalue weighted by molar-refractivity contribution is -0.116. The minimum atomic E-state index is -0.136. The Bertz CT molecular complexity index is 947. The predicted octanol–water partition coefficient (Wildman–Crippen LogP) is 3.33. The molecule has 0 spiro atoms. The number of hydrogen-bond acceptors (Lipinski definition) is 3. The zero-order chi connectivity index (χ0) is 18.5. The molecule has 1 aromatic heterocycles. The molecule has 5 heteroatoms. The fourth-order valence-electron chi connectivity index (χ4n) is 2.96. The normalized spacial score (nSPS) is 10.5. The monoisotopic (exact) mass is 347 g/mol. The largest absolute Gasteiger partial charge is 0.350 e. The Morgan fingerprint density at radius 2 is 1.81 bits per heavy atom. The second-order valence-electron chi connectivity index (χ2n) is 6.09. The Hall–Kier alpha value is -3.21. The van der Waals surface area contributed by atoms with E-state index in [4.69, 9.17) is 0 Å². The lowest BCUT2D eigenvalue weighted by Crippen LogP contribution is -2.37. The molecule has 3 rings (SSSR count). The summed E-state index contributed by atoms with van der Waals surface area (Å²) in [6, 6.07) is 17.0. The molecule has 26 heavy (non-hydrogen) atoms. The molecule has 1 heterocycles. The SMILES string of the molecule is CC(=O)N(CCNC(=O)c1ccccc1C)c1cccc2cccnc12. The van der Waals surface area contributed by atoms with Crippen molar-refractivity contribution in [2.75, 3.05) is 18.0 Å². The van der Waals surface area contributed by atoms with Crippen LogP contribution in [0.4, 0.5) is 5.69 Å². The van der Waals surface area contributed by atoms with Crippen LogP contribution in [-0.2, 0) is 4.79 Å². The Balaban J connectivity index is 1.75. The number of nitrogens with zero attached hydrogens (tertiary/aromatic N) is 2. The Morgan fingerprint density at radius 3 is 2.58 bits per heavy atom. The average Bonchev–Trinajstić information content (AvgIpc) is 2.65. The van der Waals surface area contributed by atoms with E-state index < -0.39 is 0 Å². The van der Waals surface area contributed by atoms with E-state index in [0.29, 0.717) is 18.7 Å². The van der Waals surface area contributed by atoms with E-state index in [0.717, 1.165) is 22.2 Å². The van der Waals surface area contributed by atoms with Crippen molar-refractivity contribution >= 4 is 28.4 Å². The number of benzene rings is 2. The van der Waals surface area contributed by atoms with Crippen LogP contribution in [0.2, 0.25) is 0 Å². The molecule has 0 unspecified atom stereocenters. The molecular formula is C21H21N3O2. The van der Waals surface area contributed by atoms with Gasteiger partial charge in [-0.3, -0.25) is 14.6 Å². The number of carbonyl (C=O) groups is 2. The molecule has 1 N–H and O–H groups in total. The van der Waals surface area contributed by atoms with Gasteiger partial charge in [0, 0.05) is 37.2 Å². The maximum Gasteiger partial charge on any atom is 0.251 e. The molecular weight excluding hydrogens is 326 g/mol. The van der Waals surface area contributed by atoms with Crippen molar-refractivity contribution in [2.24, 2.45) is 0 Å². The van der Waals surface area contributed by atoms with Crippen LogP contribution in [0.5, 0.6) is 0 Å². The van der Waals surface area contributed by atoms with E-state index in [1.165, 1.54) is 6.92 Å². The first-order chi connectivity index (χ1) is 12.6. The number of rotatable bonds is 5. The zero-order valence-electron chi connectivity index (χ0n) is 14.9. The van der Waals surface area contributed by atoms with E-state index in [9.17, 15) is 9.59 Å². The minimum absolute atomic E-state index is 0.0895. The first-order valence-corrected chi connectivity index (χ1v) is 8.53. The third-order valence-corrected chi connectivity index (χ3v) is 4.29. The molecule has 0 aliphatic carbocycles. The Morgan fingerprint density at radius 1 is 1.04 bits per heavy atom. The number of anilines is 1. The summed E-state index contributed by atoms with van der Waals surface area (Å²) in [5, 5.41) is 3.86. The van der Waals surface area contributed by atoms with Gasteiger partial charge >= 0.3 is 0 Å². The summed E-state index contributed by atoms with van der Waals surface area (Å²) >= 11 is 0. The van der Waals surface area contributed by atoms with Gasteiger partial charge in [0.1, 0.15) is 0 Å². The number of nitrogens with one attached hydrogen (secondary N) is 1. The molecule has 3 aromatic rings. The van der Waals surface area contributed by atoms with Gasteiger partial charge in [0.05, 0.1) is 11.2 Å². The molecule has 0 saturated carbocycles. The quantitative estimate of drug-likeness (QED) is 0.770. The van der Waals surface area contributed by atoms with Gasteiger partial charge in [-0.2, -0.15) is 0 Å². The Labute approximate surface area is 152 Å². The molecule has 0 aliphatic heterocycles. The molecule has 0 bridgehead atoms. The summed E-state index contributed by atoms with van der Waals surface area (Å²) in [7, 11) is 0. The number of fused-ring (bicyclic) bond motifs is 1. The minimum Gasteiger partial charge on any atom is -0.350 e. The van der Waals surface area contributed by atoms with E-state index in [2.05, 4.69) is 10.3 Å². The van der Waals surface area contributed by atoms with Gasteiger partial charge in [-0.1, -0.05) is 36.4 Å². The third kappa shape index (κ3) is 3.72. The molecule has 0 atom stereocenters. The van der Waals surface area contributed by atoms with E-state index in [-0.39, 0.29) is 11.8 Å². The van der Waals surface area contributed by atoms with Gasteiger partial charge in [0.25, 0.3) is 5.91 Å². The van der Waals surface area contributed by atoms with Crippen molar-refractivity contribution in [3.05, 3.63) is 71.9 Å². The molecule has 0 saturated heterocycles. The summed E-state index contributed by atoms with van der Waals surface area (Å²) in [4.78, 5) is 30.6. The number of aromatic nitrogens is 1. The van der Waals surface area contributed by atoms with Crippen LogP contribution in [0.3, 0.4) is 0 Å². The maximum absolute atomic E-state index is 12.3. The van der Waals surface area contributed by atoms with Crippen molar-refractivity contribution < 1.29 is 9.59 Å². The highest BCUT2D eigenvalue weighted by atomic mass is 16.2.